The summed E-state index contributed by atoms with van der Waals surface area (Å²) in [4.78, 5) is 4.06. The van der Waals surface area contributed by atoms with Gasteiger partial charge in [0.1, 0.15) is 12.4 Å². The molecule has 0 radical (unpaired) electrons. The maximum absolute atomic E-state index is 12.8. The standard InChI is InChI=1S/C12H18F2N2O/c1-11(2,3)9-4-5-10(15-6-9)16-7-12(13,14)8-17/h4-6,17H,7-8H2,1-3H3,(H,15,16). The van der Waals surface area contributed by atoms with Crippen LogP contribution in [0.2, 0.25) is 0 Å². The molecule has 0 saturated heterocycles. The lowest BCUT2D eigenvalue weighted by molar-refractivity contribution is -0.0373. The van der Waals surface area contributed by atoms with Crippen molar-refractivity contribution in [1.82, 2.24) is 4.98 Å². The molecule has 96 valence electrons. The summed E-state index contributed by atoms with van der Waals surface area (Å²) in [6.45, 7) is 4.37. The normalized spacial score (nSPS) is 12.6. The first kappa shape index (κ1) is 13.8. The van der Waals surface area contributed by atoms with Crippen LogP contribution >= 0.6 is 0 Å². The number of nitrogens with one attached hydrogen (secondary N) is 1. The SMILES string of the molecule is CC(C)(C)c1ccc(NCC(F)(F)CO)nc1. The quantitative estimate of drug-likeness (QED) is 0.855. The molecule has 3 nitrogen and oxygen atoms in total. The average Bonchev–Trinajstić information content (AvgIpc) is 2.26. The lowest BCUT2D eigenvalue weighted by Gasteiger charge is -2.19. The number of alkyl halides is 2. The molecular weight excluding hydrogens is 226 g/mol. The molecule has 1 aromatic rings. The lowest BCUT2D eigenvalue weighted by Crippen LogP contribution is -2.31. The second-order valence-electron chi connectivity index (χ2n) is 5.05. The van der Waals surface area contributed by atoms with Gasteiger partial charge in [0.2, 0.25) is 0 Å². The Kier molecular flexibility index (Phi) is 4.03. The molecule has 0 unspecified atom stereocenters. The molecule has 2 N–H and O–H groups in total. The van der Waals surface area contributed by atoms with Gasteiger partial charge in [0.25, 0.3) is 5.92 Å². The number of hydrogen-bond acceptors (Lipinski definition) is 3. The topological polar surface area (TPSA) is 45.1 Å². The van der Waals surface area contributed by atoms with Crippen LogP contribution in [0.25, 0.3) is 0 Å². The van der Waals surface area contributed by atoms with Gasteiger partial charge in [0.15, 0.2) is 0 Å². The van der Waals surface area contributed by atoms with Crippen molar-refractivity contribution in [3.8, 4) is 0 Å². The molecule has 1 rings (SSSR count). The molecule has 0 atom stereocenters. The molecule has 1 aromatic heterocycles. The number of aliphatic hydroxyl groups is 1. The first-order chi connectivity index (χ1) is 7.74. The number of anilines is 1. The monoisotopic (exact) mass is 244 g/mol. The third-order valence-corrected chi connectivity index (χ3v) is 2.39. The van der Waals surface area contributed by atoms with Crippen molar-refractivity contribution >= 4 is 5.82 Å². The van der Waals surface area contributed by atoms with E-state index in [4.69, 9.17) is 5.11 Å². The summed E-state index contributed by atoms with van der Waals surface area (Å²) in [5.74, 6) is -2.74. The maximum Gasteiger partial charge on any atom is 0.287 e. The van der Waals surface area contributed by atoms with Crippen LogP contribution in [0.4, 0.5) is 14.6 Å². The highest BCUT2D eigenvalue weighted by Crippen LogP contribution is 2.22. The smallest absolute Gasteiger partial charge is 0.287 e. The number of aliphatic hydroxyl groups excluding tert-OH is 1. The Bertz CT molecular complexity index is 358. The van der Waals surface area contributed by atoms with E-state index >= 15 is 0 Å². The van der Waals surface area contributed by atoms with Crippen molar-refractivity contribution in [1.29, 1.82) is 0 Å². The number of nitrogens with zero attached hydrogens (tertiary/aromatic N) is 1. The summed E-state index contributed by atoms with van der Waals surface area (Å²) < 4.78 is 25.5. The van der Waals surface area contributed by atoms with E-state index < -0.39 is 19.1 Å². The van der Waals surface area contributed by atoms with Gasteiger partial charge in [-0.1, -0.05) is 26.8 Å². The van der Waals surface area contributed by atoms with Gasteiger partial charge in [-0.05, 0) is 17.0 Å². The number of hydrogen-bond donors (Lipinski definition) is 2. The van der Waals surface area contributed by atoms with E-state index in [9.17, 15) is 8.78 Å². The van der Waals surface area contributed by atoms with Gasteiger partial charge in [-0.2, -0.15) is 0 Å². The number of rotatable bonds is 4. The molecule has 5 heteroatoms. The van der Waals surface area contributed by atoms with Crippen LogP contribution in [-0.4, -0.2) is 29.2 Å². The molecule has 0 spiro atoms. The predicted octanol–water partition coefficient (Wildman–Crippen LogP) is 2.42. The molecule has 0 amide bonds. The van der Waals surface area contributed by atoms with E-state index in [0.29, 0.717) is 5.82 Å². The Labute approximate surface area is 99.9 Å². The summed E-state index contributed by atoms with van der Waals surface area (Å²) in [6, 6.07) is 3.51. The van der Waals surface area contributed by atoms with Crippen molar-refractivity contribution in [2.45, 2.75) is 32.1 Å². The minimum Gasteiger partial charge on any atom is -0.390 e. The van der Waals surface area contributed by atoms with E-state index in [1.807, 2.05) is 6.07 Å². The fraction of sp³-hybridized carbons (Fsp3) is 0.583. The van der Waals surface area contributed by atoms with Gasteiger partial charge in [-0.3, -0.25) is 0 Å². The molecular formula is C12H18F2N2O. The van der Waals surface area contributed by atoms with Crippen LogP contribution in [-0.2, 0) is 5.41 Å². The zero-order valence-corrected chi connectivity index (χ0v) is 10.3. The van der Waals surface area contributed by atoms with Crippen LogP contribution in [0.5, 0.6) is 0 Å². The van der Waals surface area contributed by atoms with Crippen LogP contribution < -0.4 is 5.32 Å². The molecule has 0 aromatic carbocycles. The van der Waals surface area contributed by atoms with Gasteiger partial charge in [0, 0.05) is 6.20 Å². The van der Waals surface area contributed by atoms with Crippen molar-refractivity contribution in [3.63, 3.8) is 0 Å². The molecule has 0 fully saturated rings. The second-order valence-corrected chi connectivity index (χ2v) is 5.05. The third-order valence-electron chi connectivity index (χ3n) is 2.39. The van der Waals surface area contributed by atoms with E-state index in [-0.39, 0.29) is 5.41 Å². The van der Waals surface area contributed by atoms with Gasteiger partial charge in [-0.15, -0.1) is 0 Å². The second kappa shape index (κ2) is 4.96. The molecule has 0 aliphatic rings. The molecule has 17 heavy (non-hydrogen) atoms. The summed E-state index contributed by atoms with van der Waals surface area (Å²) in [6.07, 6.45) is 1.67. The Balaban J connectivity index is 2.64. The summed E-state index contributed by atoms with van der Waals surface area (Å²) in [7, 11) is 0. The first-order valence-electron chi connectivity index (χ1n) is 5.44. The summed E-state index contributed by atoms with van der Waals surface area (Å²) >= 11 is 0. The molecule has 0 saturated carbocycles. The van der Waals surface area contributed by atoms with Crippen molar-refractivity contribution < 1.29 is 13.9 Å². The van der Waals surface area contributed by atoms with E-state index in [2.05, 4.69) is 31.1 Å². The van der Waals surface area contributed by atoms with Crippen molar-refractivity contribution in [3.05, 3.63) is 23.9 Å². The largest absolute Gasteiger partial charge is 0.390 e. The third kappa shape index (κ3) is 4.26. The van der Waals surface area contributed by atoms with Crippen LogP contribution in [0.1, 0.15) is 26.3 Å². The maximum atomic E-state index is 12.8. The van der Waals surface area contributed by atoms with Crippen molar-refractivity contribution in [2.75, 3.05) is 18.5 Å². The Morgan fingerprint density at radius 2 is 1.94 bits per heavy atom. The Hall–Kier alpha value is -1.23. The van der Waals surface area contributed by atoms with Crippen LogP contribution in [0.3, 0.4) is 0 Å². The lowest BCUT2D eigenvalue weighted by atomic mass is 9.88. The van der Waals surface area contributed by atoms with Gasteiger partial charge < -0.3 is 10.4 Å². The molecule has 1 heterocycles. The number of aromatic nitrogens is 1. The first-order valence-corrected chi connectivity index (χ1v) is 5.44. The predicted molar refractivity (Wildman–Crippen MR) is 63.5 cm³/mol. The minimum absolute atomic E-state index is 0.0133. The minimum atomic E-state index is -3.12. The summed E-state index contributed by atoms with van der Waals surface area (Å²) in [5.41, 5.74) is 1.03. The van der Waals surface area contributed by atoms with E-state index in [1.165, 1.54) is 0 Å². The van der Waals surface area contributed by atoms with Crippen LogP contribution in [0, 0.1) is 0 Å². The van der Waals surface area contributed by atoms with Crippen LogP contribution in [0.15, 0.2) is 18.3 Å². The van der Waals surface area contributed by atoms with Gasteiger partial charge in [0.05, 0.1) is 6.54 Å². The molecule has 0 aliphatic carbocycles. The number of halogens is 2. The fourth-order valence-electron chi connectivity index (χ4n) is 1.22. The highest BCUT2D eigenvalue weighted by molar-refractivity contribution is 5.37. The fourth-order valence-corrected chi connectivity index (χ4v) is 1.22. The van der Waals surface area contributed by atoms with Gasteiger partial charge in [-0.25, -0.2) is 13.8 Å². The molecule has 0 aliphatic heterocycles. The highest BCUT2D eigenvalue weighted by Gasteiger charge is 2.27. The van der Waals surface area contributed by atoms with Gasteiger partial charge >= 0.3 is 0 Å². The Morgan fingerprint density at radius 1 is 1.29 bits per heavy atom. The van der Waals surface area contributed by atoms with E-state index in [0.717, 1.165) is 5.56 Å². The van der Waals surface area contributed by atoms with Crippen molar-refractivity contribution in [2.24, 2.45) is 0 Å². The highest BCUT2D eigenvalue weighted by atomic mass is 19.3. The summed E-state index contributed by atoms with van der Waals surface area (Å²) in [5, 5.41) is 10.9. The van der Waals surface area contributed by atoms with E-state index in [1.54, 1.807) is 12.3 Å². The average molecular weight is 244 g/mol. The zero-order valence-electron chi connectivity index (χ0n) is 10.3. The zero-order chi connectivity index (χ0) is 13.1. The molecule has 0 bridgehead atoms. The number of pyridine rings is 1. The Morgan fingerprint density at radius 3 is 2.35 bits per heavy atom.